The quantitative estimate of drug-likeness (QED) is 0.758. The van der Waals surface area contributed by atoms with Gasteiger partial charge in [-0.1, -0.05) is 23.7 Å². The van der Waals surface area contributed by atoms with Crippen LogP contribution in [0, 0.1) is 6.92 Å². The van der Waals surface area contributed by atoms with Gasteiger partial charge in [0.25, 0.3) is 5.91 Å². The van der Waals surface area contributed by atoms with Crippen molar-refractivity contribution in [3.63, 3.8) is 0 Å². The van der Waals surface area contributed by atoms with Crippen LogP contribution in [0.3, 0.4) is 0 Å². The number of nitrogens with zero attached hydrogens (tertiary/aromatic N) is 3. The molecule has 8 heteroatoms. The van der Waals surface area contributed by atoms with Crippen LogP contribution in [0.1, 0.15) is 15.2 Å². The number of primary amides is 1. The average Bonchev–Trinajstić information content (AvgIpc) is 2.92. The molecule has 2 aromatic heterocycles. The Bertz CT molecular complexity index is 909. The van der Waals surface area contributed by atoms with E-state index in [4.69, 9.17) is 23.1 Å². The Labute approximate surface area is 141 Å². The van der Waals surface area contributed by atoms with Crippen molar-refractivity contribution in [2.75, 3.05) is 5.73 Å². The van der Waals surface area contributed by atoms with Gasteiger partial charge in [-0.2, -0.15) is 0 Å². The zero-order chi connectivity index (χ0) is 16.6. The van der Waals surface area contributed by atoms with E-state index in [1.54, 1.807) is 6.07 Å². The number of thiazole rings is 1. The Kier molecular flexibility index (Phi) is 3.97. The van der Waals surface area contributed by atoms with Gasteiger partial charge >= 0.3 is 0 Å². The predicted octanol–water partition coefficient (Wildman–Crippen LogP) is 2.91. The van der Waals surface area contributed by atoms with Crippen LogP contribution in [0.2, 0.25) is 5.02 Å². The molecule has 0 unspecified atom stereocenters. The number of carbonyl (C=O) groups is 1. The van der Waals surface area contributed by atoms with Gasteiger partial charge in [0.1, 0.15) is 15.6 Å². The molecule has 0 aliphatic carbocycles. The molecule has 0 spiro atoms. The highest BCUT2D eigenvalue weighted by Gasteiger charge is 2.20. The first-order chi connectivity index (χ1) is 11.0. The SMILES string of the molecule is Cc1ccc(-c2nc(-c3ccnc(N)n3)sc2C(N)=O)c(Cl)c1. The Hall–Kier alpha value is -2.51. The minimum absolute atomic E-state index is 0.133. The molecule has 0 saturated heterocycles. The third-order valence-corrected chi connectivity index (χ3v) is 4.53. The number of hydrogen-bond acceptors (Lipinski definition) is 6. The minimum atomic E-state index is -0.567. The highest BCUT2D eigenvalue weighted by atomic mass is 35.5. The number of benzene rings is 1. The van der Waals surface area contributed by atoms with Gasteiger partial charge in [0, 0.05) is 11.8 Å². The number of aromatic nitrogens is 3. The van der Waals surface area contributed by atoms with Crippen molar-refractivity contribution in [2.24, 2.45) is 5.73 Å². The van der Waals surface area contributed by atoms with E-state index in [1.165, 1.54) is 6.20 Å². The van der Waals surface area contributed by atoms with E-state index in [1.807, 2.05) is 25.1 Å². The first kappa shape index (κ1) is 15.4. The molecule has 1 aromatic carbocycles. The van der Waals surface area contributed by atoms with E-state index in [0.29, 0.717) is 31.9 Å². The smallest absolute Gasteiger partial charge is 0.261 e. The van der Waals surface area contributed by atoms with Crippen LogP contribution in [-0.4, -0.2) is 20.9 Å². The van der Waals surface area contributed by atoms with Gasteiger partial charge in [0.2, 0.25) is 5.95 Å². The van der Waals surface area contributed by atoms with Crippen LogP contribution >= 0.6 is 22.9 Å². The number of amides is 1. The Morgan fingerprint density at radius 2 is 2.04 bits per heavy atom. The van der Waals surface area contributed by atoms with Crippen LogP contribution in [0.25, 0.3) is 22.0 Å². The molecule has 0 radical (unpaired) electrons. The summed E-state index contributed by atoms with van der Waals surface area (Å²) in [5.74, 6) is -0.435. The minimum Gasteiger partial charge on any atom is -0.368 e. The second-order valence-corrected chi connectivity index (χ2v) is 6.25. The predicted molar refractivity (Wildman–Crippen MR) is 91.3 cm³/mol. The maximum Gasteiger partial charge on any atom is 0.261 e. The van der Waals surface area contributed by atoms with E-state index in [9.17, 15) is 4.79 Å². The molecular formula is C15H12ClN5OS. The highest BCUT2D eigenvalue weighted by Crippen LogP contribution is 2.36. The van der Waals surface area contributed by atoms with Gasteiger partial charge in [-0.05, 0) is 24.6 Å². The lowest BCUT2D eigenvalue weighted by molar-refractivity contribution is 0.100. The summed E-state index contributed by atoms with van der Waals surface area (Å²) in [6.45, 7) is 1.93. The number of hydrogen-bond donors (Lipinski definition) is 2. The van der Waals surface area contributed by atoms with Gasteiger partial charge in [0.15, 0.2) is 0 Å². The third-order valence-electron chi connectivity index (χ3n) is 3.12. The summed E-state index contributed by atoms with van der Waals surface area (Å²) >= 11 is 7.44. The lowest BCUT2D eigenvalue weighted by Gasteiger charge is -2.03. The molecule has 23 heavy (non-hydrogen) atoms. The molecule has 2 heterocycles. The number of anilines is 1. The standard InChI is InChI=1S/C15H12ClN5OS/c1-7-2-3-8(9(16)6-7)11-12(13(17)22)23-14(21-11)10-4-5-19-15(18)20-10/h2-6H,1H3,(H2,17,22)(H2,18,19,20). The average molecular weight is 346 g/mol. The van der Waals surface area contributed by atoms with Gasteiger partial charge in [-0.25, -0.2) is 15.0 Å². The largest absolute Gasteiger partial charge is 0.368 e. The fraction of sp³-hybridized carbons (Fsp3) is 0.0667. The molecule has 0 atom stereocenters. The zero-order valence-electron chi connectivity index (χ0n) is 12.1. The van der Waals surface area contributed by atoms with Crippen molar-refractivity contribution >= 4 is 34.8 Å². The summed E-state index contributed by atoms with van der Waals surface area (Å²) in [7, 11) is 0. The van der Waals surface area contributed by atoms with Crippen LogP contribution in [0.4, 0.5) is 5.95 Å². The number of nitrogen functional groups attached to an aromatic ring is 1. The molecule has 6 nitrogen and oxygen atoms in total. The summed E-state index contributed by atoms with van der Waals surface area (Å²) < 4.78 is 0. The number of carbonyl (C=O) groups excluding carboxylic acids is 1. The monoisotopic (exact) mass is 345 g/mol. The van der Waals surface area contributed by atoms with Crippen LogP contribution in [0.15, 0.2) is 30.5 Å². The fourth-order valence-electron chi connectivity index (χ4n) is 2.08. The number of halogens is 1. The molecule has 1 amide bonds. The van der Waals surface area contributed by atoms with Crippen molar-refractivity contribution in [3.05, 3.63) is 45.9 Å². The molecule has 116 valence electrons. The molecule has 0 bridgehead atoms. The van der Waals surface area contributed by atoms with Crippen molar-refractivity contribution in [3.8, 4) is 22.0 Å². The second-order valence-electron chi connectivity index (χ2n) is 4.84. The molecule has 4 N–H and O–H groups in total. The van der Waals surface area contributed by atoms with Gasteiger partial charge in [0.05, 0.1) is 10.7 Å². The van der Waals surface area contributed by atoms with Crippen LogP contribution in [-0.2, 0) is 0 Å². The van der Waals surface area contributed by atoms with E-state index in [2.05, 4.69) is 15.0 Å². The summed E-state index contributed by atoms with van der Waals surface area (Å²) in [5.41, 5.74) is 13.7. The molecule has 0 aliphatic heterocycles. The Morgan fingerprint density at radius 3 is 2.70 bits per heavy atom. The van der Waals surface area contributed by atoms with Crippen molar-refractivity contribution < 1.29 is 4.79 Å². The zero-order valence-corrected chi connectivity index (χ0v) is 13.6. The number of nitrogens with two attached hydrogens (primary N) is 2. The van der Waals surface area contributed by atoms with E-state index in [0.717, 1.165) is 16.9 Å². The highest BCUT2D eigenvalue weighted by molar-refractivity contribution is 7.17. The van der Waals surface area contributed by atoms with E-state index in [-0.39, 0.29) is 5.95 Å². The van der Waals surface area contributed by atoms with Gasteiger partial charge < -0.3 is 11.5 Å². The first-order valence-corrected chi connectivity index (χ1v) is 7.81. The van der Waals surface area contributed by atoms with E-state index < -0.39 is 5.91 Å². The molecule has 3 rings (SSSR count). The van der Waals surface area contributed by atoms with Crippen LogP contribution in [0.5, 0.6) is 0 Å². The van der Waals surface area contributed by atoms with Crippen molar-refractivity contribution in [1.82, 2.24) is 15.0 Å². The van der Waals surface area contributed by atoms with Crippen molar-refractivity contribution in [2.45, 2.75) is 6.92 Å². The Morgan fingerprint density at radius 1 is 1.26 bits per heavy atom. The summed E-state index contributed by atoms with van der Waals surface area (Å²) in [6, 6.07) is 7.19. The fourth-order valence-corrected chi connectivity index (χ4v) is 3.31. The third kappa shape index (κ3) is 3.01. The van der Waals surface area contributed by atoms with Gasteiger partial charge in [-0.3, -0.25) is 4.79 Å². The first-order valence-electron chi connectivity index (χ1n) is 6.61. The lowest BCUT2D eigenvalue weighted by Crippen LogP contribution is -2.10. The maximum absolute atomic E-state index is 11.8. The summed E-state index contributed by atoms with van der Waals surface area (Å²) in [6.07, 6.45) is 1.53. The topological polar surface area (TPSA) is 108 Å². The molecule has 0 aliphatic rings. The van der Waals surface area contributed by atoms with Crippen LogP contribution < -0.4 is 11.5 Å². The molecule has 0 fully saturated rings. The lowest BCUT2D eigenvalue weighted by atomic mass is 10.1. The number of aryl methyl sites for hydroxylation is 1. The molecule has 3 aromatic rings. The van der Waals surface area contributed by atoms with Gasteiger partial charge in [-0.15, -0.1) is 11.3 Å². The maximum atomic E-state index is 11.8. The Balaban J connectivity index is 2.19. The second kappa shape index (κ2) is 5.94. The summed E-state index contributed by atoms with van der Waals surface area (Å²) in [5, 5.41) is 1.03. The normalized spacial score (nSPS) is 10.7. The molecule has 0 saturated carbocycles. The van der Waals surface area contributed by atoms with Crippen molar-refractivity contribution in [1.29, 1.82) is 0 Å². The molecular weight excluding hydrogens is 334 g/mol. The number of rotatable bonds is 3. The van der Waals surface area contributed by atoms with E-state index >= 15 is 0 Å². The summed E-state index contributed by atoms with van der Waals surface area (Å²) in [4.78, 5) is 24.5.